The Hall–Kier alpha value is -1.90. The standard InChI is InChI=1S/C12H12O3/c1-2-14-12-8-7-10(13)9-5-3-4-6-11(9)15-12/h3-8,13H,2H2,1H3. The second kappa shape index (κ2) is 4.09. The van der Waals surface area contributed by atoms with Crippen LogP contribution in [0.25, 0.3) is 5.76 Å². The Kier molecular flexibility index (Phi) is 2.63. The number of ether oxygens (including phenoxy) is 2. The molecule has 0 radical (unpaired) electrons. The molecule has 3 nitrogen and oxygen atoms in total. The number of aliphatic hydroxyl groups is 1. The van der Waals surface area contributed by atoms with Gasteiger partial charge in [0.05, 0.1) is 12.2 Å². The van der Waals surface area contributed by atoms with Crippen molar-refractivity contribution in [2.24, 2.45) is 0 Å². The zero-order chi connectivity index (χ0) is 10.7. The van der Waals surface area contributed by atoms with Gasteiger partial charge in [-0.3, -0.25) is 0 Å². The van der Waals surface area contributed by atoms with E-state index in [0.29, 0.717) is 23.9 Å². The maximum atomic E-state index is 9.71. The predicted octanol–water partition coefficient (Wildman–Crippen LogP) is 2.86. The molecule has 0 spiro atoms. The second-order valence-corrected chi connectivity index (χ2v) is 3.07. The van der Waals surface area contributed by atoms with Gasteiger partial charge in [-0.05, 0) is 25.1 Å². The molecule has 1 aliphatic rings. The molecule has 0 bridgehead atoms. The molecule has 1 aromatic rings. The minimum absolute atomic E-state index is 0.181. The monoisotopic (exact) mass is 204 g/mol. The summed E-state index contributed by atoms with van der Waals surface area (Å²) in [6.07, 6.45) is 3.18. The van der Waals surface area contributed by atoms with Crippen LogP contribution in [-0.2, 0) is 4.74 Å². The second-order valence-electron chi connectivity index (χ2n) is 3.07. The summed E-state index contributed by atoms with van der Waals surface area (Å²) in [4.78, 5) is 0. The third-order valence-corrected chi connectivity index (χ3v) is 2.04. The van der Waals surface area contributed by atoms with E-state index in [0.717, 1.165) is 0 Å². The van der Waals surface area contributed by atoms with Gasteiger partial charge in [-0.25, -0.2) is 0 Å². The fourth-order valence-electron chi connectivity index (χ4n) is 1.37. The number of para-hydroxylation sites is 1. The average Bonchev–Trinajstić information content (AvgIpc) is 2.40. The molecule has 15 heavy (non-hydrogen) atoms. The summed E-state index contributed by atoms with van der Waals surface area (Å²) in [6.45, 7) is 2.41. The molecule has 2 rings (SSSR count). The van der Waals surface area contributed by atoms with Gasteiger partial charge in [-0.15, -0.1) is 0 Å². The fraction of sp³-hybridized carbons (Fsp3) is 0.167. The molecule has 1 N–H and O–H groups in total. The Morgan fingerprint density at radius 1 is 1.27 bits per heavy atom. The third-order valence-electron chi connectivity index (χ3n) is 2.04. The molecule has 0 aromatic heterocycles. The highest BCUT2D eigenvalue weighted by Gasteiger charge is 2.12. The van der Waals surface area contributed by atoms with Gasteiger partial charge < -0.3 is 14.6 Å². The predicted molar refractivity (Wildman–Crippen MR) is 57.4 cm³/mol. The summed E-state index contributed by atoms with van der Waals surface area (Å²) in [5.74, 6) is 1.18. The van der Waals surface area contributed by atoms with Crippen molar-refractivity contribution >= 4 is 5.76 Å². The topological polar surface area (TPSA) is 38.7 Å². The van der Waals surface area contributed by atoms with Crippen LogP contribution in [0.15, 0.2) is 42.4 Å². The zero-order valence-corrected chi connectivity index (χ0v) is 8.43. The molecule has 0 aliphatic carbocycles. The van der Waals surface area contributed by atoms with Crippen LogP contribution in [0.1, 0.15) is 12.5 Å². The van der Waals surface area contributed by atoms with E-state index in [2.05, 4.69) is 0 Å². The highest BCUT2D eigenvalue weighted by atomic mass is 16.7. The van der Waals surface area contributed by atoms with E-state index in [1.54, 1.807) is 24.3 Å². The van der Waals surface area contributed by atoms with Gasteiger partial charge in [0.1, 0.15) is 11.5 Å². The maximum absolute atomic E-state index is 9.71. The molecular formula is C12H12O3. The molecule has 0 fully saturated rings. The van der Waals surface area contributed by atoms with Crippen molar-refractivity contribution in [1.29, 1.82) is 0 Å². The van der Waals surface area contributed by atoms with Crippen LogP contribution in [0.2, 0.25) is 0 Å². The van der Waals surface area contributed by atoms with Crippen molar-refractivity contribution in [3.63, 3.8) is 0 Å². The molecule has 3 heteroatoms. The summed E-state index contributed by atoms with van der Waals surface area (Å²) >= 11 is 0. The first-order valence-corrected chi connectivity index (χ1v) is 4.82. The quantitative estimate of drug-likeness (QED) is 0.805. The average molecular weight is 204 g/mol. The van der Waals surface area contributed by atoms with Crippen LogP contribution in [0.4, 0.5) is 0 Å². The van der Waals surface area contributed by atoms with Crippen molar-refractivity contribution in [2.45, 2.75) is 6.92 Å². The lowest BCUT2D eigenvalue weighted by atomic mass is 10.1. The van der Waals surface area contributed by atoms with E-state index in [4.69, 9.17) is 9.47 Å². The lowest BCUT2D eigenvalue weighted by molar-refractivity contribution is 0.116. The lowest BCUT2D eigenvalue weighted by Gasteiger charge is -2.10. The van der Waals surface area contributed by atoms with E-state index in [1.165, 1.54) is 0 Å². The van der Waals surface area contributed by atoms with Crippen molar-refractivity contribution in [3.05, 3.63) is 47.9 Å². The molecule has 1 aromatic carbocycles. The van der Waals surface area contributed by atoms with Crippen LogP contribution in [-0.4, -0.2) is 11.7 Å². The molecule has 0 atom stereocenters. The Morgan fingerprint density at radius 2 is 2.07 bits per heavy atom. The highest BCUT2D eigenvalue weighted by molar-refractivity contribution is 5.66. The normalized spacial score (nSPS) is 14.2. The van der Waals surface area contributed by atoms with Gasteiger partial charge in [0.25, 0.3) is 5.95 Å². The summed E-state index contributed by atoms with van der Waals surface area (Å²) in [7, 11) is 0. The molecule has 1 heterocycles. The van der Waals surface area contributed by atoms with Gasteiger partial charge in [-0.2, -0.15) is 0 Å². The van der Waals surface area contributed by atoms with E-state index >= 15 is 0 Å². The first-order valence-electron chi connectivity index (χ1n) is 4.82. The lowest BCUT2D eigenvalue weighted by Crippen LogP contribution is -2.00. The SMILES string of the molecule is CCOC1=CC=C(O)c2ccccc2O1. The number of hydrogen-bond donors (Lipinski definition) is 1. The van der Waals surface area contributed by atoms with Gasteiger partial charge in [-0.1, -0.05) is 12.1 Å². The van der Waals surface area contributed by atoms with Crippen molar-refractivity contribution in [3.8, 4) is 5.75 Å². The van der Waals surface area contributed by atoms with Gasteiger partial charge >= 0.3 is 0 Å². The summed E-state index contributed by atoms with van der Waals surface area (Å²) < 4.78 is 10.7. The zero-order valence-electron chi connectivity index (χ0n) is 8.43. The van der Waals surface area contributed by atoms with Gasteiger partial charge in [0.15, 0.2) is 0 Å². The number of allylic oxidation sites excluding steroid dienone is 2. The smallest absolute Gasteiger partial charge is 0.284 e. The molecular weight excluding hydrogens is 192 g/mol. The van der Waals surface area contributed by atoms with Gasteiger partial charge in [0.2, 0.25) is 0 Å². The van der Waals surface area contributed by atoms with E-state index in [-0.39, 0.29) is 5.76 Å². The molecule has 1 aliphatic heterocycles. The van der Waals surface area contributed by atoms with E-state index in [9.17, 15) is 5.11 Å². The molecule has 0 saturated heterocycles. The Bertz CT molecular complexity index is 419. The van der Waals surface area contributed by atoms with Crippen LogP contribution < -0.4 is 4.74 Å². The number of rotatable bonds is 2. The summed E-state index contributed by atoms with van der Waals surface area (Å²) in [5, 5.41) is 9.71. The minimum atomic E-state index is 0.181. The molecule has 0 unspecified atom stereocenters. The largest absolute Gasteiger partial charge is 0.507 e. The molecule has 78 valence electrons. The fourth-order valence-corrected chi connectivity index (χ4v) is 1.37. The Balaban J connectivity index is 2.38. The van der Waals surface area contributed by atoms with Crippen LogP contribution >= 0.6 is 0 Å². The molecule has 0 saturated carbocycles. The van der Waals surface area contributed by atoms with Crippen molar-refractivity contribution < 1.29 is 14.6 Å². The Morgan fingerprint density at radius 3 is 2.87 bits per heavy atom. The van der Waals surface area contributed by atoms with Crippen LogP contribution in [0.5, 0.6) is 5.75 Å². The number of aliphatic hydroxyl groups excluding tert-OH is 1. The van der Waals surface area contributed by atoms with Gasteiger partial charge in [0, 0.05) is 6.08 Å². The van der Waals surface area contributed by atoms with E-state index in [1.807, 2.05) is 19.1 Å². The maximum Gasteiger partial charge on any atom is 0.284 e. The summed E-state index contributed by atoms with van der Waals surface area (Å²) in [5.41, 5.74) is 0.670. The first kappa shape index (κ1) is 9.65. The minimum Gasteiger partial charge on any atom is -0.507 e. The van der Waals surface area contributed by atoms with Crippen molar-refractivity contribution in [2.75, 3.05) is 6.61 Å². The van der Waals surface area contributed by atoms with Crippen molar-refractivity contribution in [1.82, 2.24) is 0 Å². The number of benzene rings is 1. The Labute approximate surface area is 88.3 Å². The molecule has 0 amide bonds. The number of hydrogen-bond acceptors (Lipinski definition) is 3. The van der Waals surface area contributed by atoms with Crippen LogP contribution in [0, 0.1) is 0 Å². The first-order chi connectivity index (χ1) is 7.31. The highest BCUT2D eigenvalue weighted by Crippen LogP contribution is 2.28. The third kappa shape index (κ3) is 1.96. The number of fused-ring (bicyclic) bond motifs is 1. The summed E-state index contributed by atoms with van der Waals surface area (Å²) in [6, 6.07) is 7.28. The van der Waals surface area contributed by atoms with Crippen LogP contribution in [0.3, 0.4) is 0 Å². The van der Waals surface area contributed by atoms with E-state index < -0.39 is 0 Å².